The fourth-order valence-corrected chi connectivity index (χ4v) is 4.19. The van der Waals surface area contributed by atoms with Crippen molar-refractivity contribution in [2.75, 3.05) is 13.6 Å². The topological polar surface area (TPSA) is 114 Å². The van der Waals surface area contributed by atoms with Crippen molar-refractivity contribution in [2.24, 2.45) is 16.5 Å². The highest BCUT2D eigenvalue weighted by atomic mass is 35.5. The van der Waals surface area contributed by atoms with Crippen LogP contribution in [0.3, 0.4) is 0 Å². The summed E-state index contributed by atoms with van der Waals surface area (Å²) in [5, 5.41) is 3.05. The van der Waals surface area contributed by atoms with Crippen LogP contribution in [0.25, 0.3) is 0 Å². The van der Waals surface area contributed by atoms with Crippen LogP contribution >= 0.6 is 12.4 Å². The minimum absolute atomic E-state index is 0. The number of amides is 2. The van der Waals surface area contributed by atoms with Gasteiger partial charge in [-0.25, -0.2) is 0 Å². The highest BCUT2D eigenvalue weighted by Gasteiger charge is 2.30. The van der Waals surface area contributed by atoms with Gasteiger partial charge in [-0.05, 0) is 36.5 Å². The van der Waals surface area contributed by atoms with E-state index in [-0.39, 0.29) is 36.2 Å². The molecule has 0 heterocycles. The normalized spacial score (nSPS) is 12.1. The van der Waals surface area contributed by atoms with Gasteiger partial charge in [-0.3, -0.25) is 14.6 Å². The number of halogens is 1. The Hall–Kier alpha value is -3.84. The van der Waals surface area contributed by atoms with Gasteiger partial charge in [-0.1, -0.05) is 91.0 Å². The van der Waals surface area contributed by atoms with Crippen LogP contribution in [0.2, 0.25) is 0 Å². The summed E-state index contributed by atoms with van der Waals surface area (Å²) in [5.74, 6) is -0.931. The Kier molecular flexibility index (Phi) is 11.6. The molecule has 0 aliphatic rings. The minimum atomic E-state index is -0.724. The molecule has 2 amide bonds. The largest absolute Gasteiger partial charge is 0.370 e. The van der Waals surface area contributed by atoms with E-state index >= 15 is 0 Å². The number of rotatable bonds is 11. The fraction of sp³-hybridized carbons (Fsp3) is 0.276. The van der Waals surface area contributed by atoms with Crippen molar-refractivity contribution in [3.05, 3.63) is 108 Å². The van der Waals surface area contributed by atoms with E-state index in [1.54, 1.807) is 11.9 Å². The van der Waals surface area contributed by atoms with E-state index in [1.807, 2.05) is 97.9 Å². The van der Waals surface area contributed by atoms with E-state index in [0.717, 1.165) is 16.7 Å². The van der Waals surface area contributed by atoms with Gasteiger partial charge in [-0.15, -0.1) is 12.4 Å². The molecule has 37 heavy (non-hydrogen) atoms. The third-order valence-corrected chi connectivity index (χ3v) is 6.30. The maximum Gasteiger partial charge on any atom is 0.245 e. The summed E-state index contributed by atoms with van der Waals surface area (Å²) in [7, 11) is 1.76. The van der Waals surface area contributed by atoms with E-state index in [4.69, 9.17) is 11.5 Å². The van der Waals surface area contributed by atoms with Gasteiger partial charge in [-0.2, -0.15) is 0 Å². The lowest BCUT2D eigenvalue weighted by Crippen LogP contribution is -2.49. The maximum atomic E-state index is 13.7. The lowest BCUT2D eigenvalue weighted by Gasteiger charge is -2.30. The Morgan fingerprint density at radius 2 is 1.30 bits per heavy atom. The first-order valence-corrected chi connectivity index (χ1v) is 12.2. The summed E-state index contributed by atoms with van der Waals surface area (Å²) in [4.78, 5) is 33.1. The van der Waals surface area contributed by atoms with E-state index in [1.165, 1.54) is 0 Å². The number of aliphatic imine (C=N–C) groups is 1. The number of hydrogen-bond acceptors (Lipinski definition) is 3. The number of likely N-dealkylation sites (N-methyl/N-ethyl adjacent to an activating group) is 1. The van der Waals surface area contributed by atoms with Crippen molar-refractivity contribution < 1.29 is 9.59 Å². The van der Waals surface area contributed by atoms with Crippen LogP contribution in [-0.2, 0) is 9.59 Å². The second-order valence-corrected chi connectivity index (χ2v) is 8.80. The SMILES string of the molecule is C[C@H](c1ccccc1)N(C)C(=O)[C@@H](CCCN=C(N)N)NC(=O)C(c1ccccc1)c1ccccc1.Cl. The van der Waals surface area contributed by atoms with Gasteiger partial charge in [0, 0.05) is 13.6 Å². The molecule has 8 heteroatoms. The van der Waals surface area contributed by atoms with Gasteiger partial charge in [0.05, 0.1) is 12.0 Å². The molecule has 3 rings (SSSR count). The molecule has 0 spiro atoms. The van der Waals surface area contributed by atoms with Gasteiger partial charge in [0.15, 0.2) is 5.96 Å². The molecule has 0 fully saturated rings. The van der Waals surface area contributed by atoms with Crippen molar-refractivity contribution in [2.45, 2.75) is 37.8 Å². The molecule has 0 unspecified atom stereocenters. The van der Waals surface area contributed by atoms with Crippen LogP contribution in [0.4, 0.5) is 0 Å². The van der Waals surface area contributed by atoms with Gasteiger partial charge in [0.2, 0.25) is 11.8 Å². The zero-order chi connectivity index (χ0) is 25.9. The molecule has 0 radical (unpaired) electrons. The third-order valence-electron chi connectivity index (χ3n) is 6.30. The number of nitrogens with two attached hydrogens (primary N) is 2. The highest BCUT2D eigenvalue weighted by Crippen LogP contribution is 2.26. The Bertz CT molecular complexity index is 1100. The average molecular weight is 522 g/mol. The zero-order valence-corrected chi connectivity index (χ0v) is 22.1. The molecule has 5 N–H and O–H groups in total. The maximum absolute atomic E-state index is 13.7. The second-order valence-electron chi connectivity index (χ2n) is 8.80. The lowest BCUT2D eigenvalue weighted by atomic mass is 9.90. The molecule has 0 aliphatic carbocycles. The summed E-state index contributed by atoms with van der Waals surface area (Å²) in [5.41, 5.74) is 13.6. The van der Waals surface area contributed by atoms with Crippen molar-refractivity contribution in [1.29, 1.82) is 0 Å². The number of guanidine groups is 1. The molecule has 2 atom stereocenters. The lowest BCUT2D eigenvalue weighted by molar-refractivity contribution is -0.137. The first kappa shape index (κ1) is 29.4. The molecule has 196 valence electrons. The molecule has 3 aromatic carbocycles. The molecule has 0 saturated heterocycles. The third kappa shape index (κ3) is 8.36. The van der Waals surface area contributed by atoms with Gasteiger partial charge >= 0.3 is 0 Å². The Morgan fingerprint density at radius 3 is 1.76 bits per heavy atom. The number of nitrogens with one attached hydrogen (secondary N) is 1. The molecule has 7 nitrogen and oxygen atoms in total. The molecule has 0 aromatic heterocycles. The van der Waals surface area contributed by atoms with Crippen molar-refractivity contribution >= 4 is 30.2 Å². The van der Waals surface area contributed by atoms with Crippen LogP contribution < -0.4 is 16.8 Å². The number of hydrogen-bond donors (Lipinski definition) is 3. The van der Waals surface area contributed by atoms with Gasteiger partial charge < -0.3 is 21.7 Å². The van der Waals surface area contributed by atoms with Crippen LogP contribution in [-0.4, -0.2) is 42.3 Å². The zero-order valence-electron chi connectivity index (χ0n) is 21.3. The van der Waals surface area contributed by atoms with E-state index in [0.29, 0.717) is 19.4 Å². The van der Waals surface area contributed by atoms with Crippen LogP contribution in [0.1, 0.15) is 48.4 Å². The summed E-state index contributed by atoms with van der Waals surface area (Å²) in [6, 6.07) is 28.1. The summed E-state index contributed by atoms with van der Waals surface area (Å²) in [6.07, 6.45) is 0.951. The van der Waals surface area contributed by atoms with Crippen molar-refractivity contribution in [1.82, 2.24) is 10.2 Å². The Labute approximate surface area is 225 Å². The van der Waals surface area contributed by atoms with Crippen LogP contribution in [0.15, 0.2) is 96.0 Å². The van der Waals surface area contributed by atoms with E-state index in [9.17, 15) is 9.59 Å². The molecular weight excluding hydrogens is 486 g/mol. The van der Waals surface area contributed by atoms with E-state index < -0.39 is 12.0 Å². The number of benzene rings is 3. The second kappa shape index (κ2) is 14.7. The molecule has 3 aromatic rings. The van der Waals surface area contributed by atoms with Crippen molar-refractivity contribution in [3.8, 4) is 0 Å². The molecule has 0 saturated carbocycles. The summed E-state index contributed by atoms with van der Waals surface area (Å²) >= 11 is 0. The quantitative estimate of drug-likeness (QED) is 0.201. The number of carbonyl (C=O) groups excluding carboxylic acids is 2. The highest BCUT2D eigenvalue weighted by molar-refractivity contribution is 5.92. The van der Waals surface area contributed by atoms with Crippen LogP contribution in [0, 0.1) is 0 Å². The van der Waals surface area contributed by atoms with E-state index in [2.05, 4.69) is 10.3 Å². The first-order valence-electron chi connectivity index (χ1n) is 12.2. The predicted molar refractivity (Wildman–Crippen MR) is 151 cm³/mol. The predicted octanol–water partition coefficient (Wildman–Crippen LogP) is 4.00. The Balaban J connectivity index is 0.00000481. The molecular formula is C29H36ClN5O2. The smallest absolute Gasteiger partial charge is 0.245 e. The standard InChI is InChI=1S/C29H35N5O2.ClH/c1-21(22-13-6-3-7-14-22)34(2)28(36)25(19-12-20-32-29(30)31)33-27(35)26(23-15-8-4-9-16-23)24-17-10-5-11-18-24;/h3-11,13-18,21,25-26H,12,19-20H2,1-2H3,(H,33,35)(H4,30,31,32);1H/t21-,25-;/m1./s1. The molecule has 0 aliphatic heterocycles. The summed E-state index contributed by atoms with van der Waals surface area (Å²) in [6.45, 7) is 2.35. The Morgan fingerprint density at radius 1 is 0.838 bits per heavy atom. The minimum Gasteiger partial charge on any atom is -0.370 e. The monoisotopic (exact) mass is 521 g/mol. The average Bonchev–Trinajstić information content (AvgIpc) is 2.91. The summed E-state index contributed by atoms with van der Waals surface area (Å²) < 4.78 is 0. The van der Waals surface area contributed by atoms with Crippen molar-refractivity contribution in [3.63, 3.8) is 0 Å². The number of carbonyl (C=O) groups is 2. The van der Waals surface area contributed by atoms with Crippen LogP contribution in [0.5, 0.6) is 0 Å². The molecule has 0 bridgehead atoms. The first-order chi connectivity index (χ1) is 17.4. The van der Waals surface area contributed by atoms with Gasteiger partial charge in [0.25, 0.3) is 0 Å². The fourth-order valence-electron chi connectivity index (χ4n) is 4.19. The number of nitrogens with zero attached hydrogens (tertiary/aromatic N) is 2. The van der Waals surface area contributed by atoms with Gasteiger partial charge in [0.1, 0.15) is 6.04 Å².